The Labute approximate surface area is 137 Å². The van der Waals surface area contributed by atoms with Crippen molar-refractivity contribution in [3.63, 3.8) is 0 Å². The summed E-state index contributed by atoms with van der Waals surface area (Å²) in [6.45, 7) is 0. The Hall–Kier alpha value is -2.01. The molecule has 0 saturated heterocycles. The van der Waals surface area contributed by atoms with Crippen molar-refractivity contribution in [3.05, 3.63) is 82.4 Å². The van der Waals surface area contributed by atoms with Crippen molar-refractivity contribution >= 4 is 39.7 Å². The second-order valence-corrected chi connectivity index (χ2v) is 5.80. The molecule has 104 valence electrons. The van der Waals surface area contributed by atoms with Gasteiger partial charge in [0.05, 0.1) is 3.57 Å². The van der Waals surface area contributed by atoms with E-state index in [1.54, 1.807) is 6.07 Å². The zero-order valence-electron chi connectivity index (χ0n) is 11.3. The number of rotatable bonds is 3. The number of anilines is 3. The molecule has 0 aromatic heterocycles. The average Bonchev–Trinajstić information content (AvgIpc) is 2.53. The van der Waals surface area contributed by atoms with Gasteiger partial charge in [0.15, 0.2) is 0 Å². The zero-order chi connectivity index (χ0) is 14.7. The van der Waals surface area contributed by atoms with Gasteiger partial charge in [0.2, 0.25) is 0 Å². The Bertz CT molecular complexity index is 689. The topological polar surface area (TPSA) is 23.5 Å². The molecule has 0 fully saturated rings. The number of hydrogen-bond acceptors (Lipinski definition) is 2. The van der Waals surface area contributed by atoms with E-state index in [2.05, 4.69) is 51.8 Å². The van der Waals surface area contributed by atoms with Crippen molar-refractivity contribution in [2.24, 2.45) is 0 Å². The molecular formula is C18H14INO. The zero-order valence-corrected chi connectivity index (χ0v) is 13.4. The van der Waals surface area contributed by atoms with Crippen LogP contribution in [-0.2, 0) is 0 Å². The first-order chi connectivity index (χ1) is 10.3. The summed E-state index contributed by atoms with van der Waals surface area (Å²) < 4.78 is 0.835. The maximum Gasteiger partial charge on any atom is 0.129 e. The fourth-order valence-corrected chi connectivity index (χ4v) is 2.74. The van der Waals surface area contributed by atoms with Gasteiger partial charge in [-0.25, -0.2) is 0 Å². The molecule has 0 atom stereocenters. The minimum atomic E-state index is 0.306. The number of benzene rings is 3. The molecular weight excluding hydrogens is 373 g/mol. The minimum absolute atomic E-state index is 0.306. The first-order valence-corrected chi connectivity index (χ1v) is 7.72. The van der Waals surface area contributed by atoms with Crippen LogP contribution >= 0.6 is 22.6 Å². The van der Waals surface area contributed by atoms with Gasteiger partial charge in [-0.1, -0.05) is 36.4 Å². The number of nitrogens with zero attached hydrogens (tertiary/aromatic N) is 1. The van der Waals surface area contributed by atoms with Crippen molar-refractivity contribution in [1.29, 1.82) is 0 Å². The Kier molecular flexibility index (Phi) is 4.10. The summed E-state index contributed by atoms with van der Waals surface area (Å²) in [5.41, 5.74) is 3.20. The number of halogens is 1. The minimum Gasteiger partial charge on any atom is -0.507 e. The maximum atomic E-state index is 9.74. The van der Waals surface area contributed by atoms with Gasteiger partial charge in [-0.2, -0.15) is 0 Å². The summed E-state index contributed by atoms with van der Waals surface area (Å²) in [6, 6.07) is 26.1. The van der Waals surface area contributed by atoms with Gasteiger partial charge in [0.25, 0.3) is 0 Å². The third-order valence-electron chi connectivity index (χ3n) is 3.22. The first kappa shape index (κ1) is 13.9. The van der Waals surface area contributed by atoms with Gasteiger partial charge in [0.1, 0.15) is 5.75 Å². The summed E-state index contributed by atoms with van der Waals surface area (Å²) in [5.74, 6) is 0.306. The molecule has 0 aliphatic rings. The van der Waals surface area contributed by atoms with Crippen LogP contribution in [0.2, 0.25) is 0 Å². The van der Waals surface area contributed by atoms with Crippen LogP contribution < -0.4 is 4.90 Å². The lowest BCUT2D eigenvalue weighted by atomic mass is 10.2. The SMILES string of the molecule is Oc1ccc(N(c2ccccc2)c2ccccc2)cc1I. The van der Waals surface area contributed by atoms with E-state index in [1.807, 2.05) is 48.5 Å². The van der Waals surface area contributed by atoms with E-state index >= 15 is 0 Å². The molecule has 21 heavy (non-hydrogen) atoms. The molecule has 0 radical (unpaired) electrons. The normalized spacial score (nSPS) is 10.3. The molecule has 0 unspecified atom stereocenters. The van der Waals surface area contributed by atoms with Gasteiger partial charge in [-0.05, 0) is 65.1 Å². The van der Waals surface area contributed by atoms with Gasteiger partial charge >= 0.3 is 0 Å². The molecule has 3 aromatic rings. The number of hydrogen-bond donors (Lipinski definition) is 1. The summed E-state index contributed by atoms with van der Waals surface area (Å²) in [5, 5.41) is 9.74. The largest absolute Gasteiger partial charge is 0.507 e. The highest BCUT2D eigenvalue weighted by Gasteiger charge is 2.12. The molecule has 0 aliphatic carbocycles. The molecule has 1 N–H and O–H groups in total. The molecule has 0 saturated carbocycles. The Morgan fingerprint density at radius 2 is 1.19 bits per heavy atom. The lowest BCUT2D eigenvalue weighted by Gasteiger charge is -2.25. The van der Waals surface area contributed by atoms with Gasteiger partial charge in [-0.3, -0.25) is 0 Å². The maximum absolute atomic E-state index is 9.74. The van der Waals surface area contributed by atoms with Gasteiger partial charge in [0, 0.05) is 17.1 Å². The van der Waals surface area contributed by atoms with Crippen LogP contribution in [-0.4, -0.2) is 5.11 Å². The van der Waals surface area contributed by atoms with Crippen LogP contribution in [0.25, 0.3) is 0 Å². The highest BCUT2D eigenvalue weighted by atomic mass is 127. The molecule has 0 heterocycles. The second kappa shape index (κ2) is 6.18. The molecule has 3 heteroatoms. The van der Waals surface area contributed by atoms with Crippen LogP contribution in [0.4, 0.5) is 17.1 Å². The van der Waals surface area contributed by atoms with E-state index in [4.69, 9.17) is 0 Å². The summed E-state index contributed by atoms with van der Waals surface area (Å²) in [6.07, 6.45) is 0. The van der Waals surface area contributed by atoms with E-state index in [9.17, 15) is 5.11 Å². The number of phenolic OH excluding ortho intramolecular Hbond substituents is 1. The van der Waals surface area contributed by atoms with Crippen LogP contribution in [0.3, 0.4) is 0 Å². The van der Waals surface area contributed by atoms with E-state index in [-0.39, 0.29) is 0 Å². The average molecular weight is 387 g/mol. The van der Waals surface area contributed by atoms with Crippen molar-refractivity contribution < 1.29 is 5.11 Å². The number of aromatic hydroxyl groups is 1. The van der Waals surface area contributed by atoms with Crippen LogP contribution in [0.5, 0.6) is 5.75 Å². The van der Waals surface area contributed by atoms with E-state index in [0.29, 0.717) is 5.75 Å². The standard InChI is InChI=1S/C18H14INO/c19-17-13-16(11-12-18(17)21)20(14-7-3-1-4-8-14)15-9-5-2-6-10-15/h1-13,21H. The molecule has 2 nitrogen and oxygen atoms in total. The fourth-order valence-electron chi connectivity index (χ4n) is 2.24. The summed E-state index contributed by atoms with van der Waals surface area (Å²) in [7, 11) is 0. The van der Waals surface area contributed by atoms with E-state index in [1.165, 1.54) is 0 Å². The summed E-state index contributed by atoms with van der Waals surface area (Å²) >= 11 is 2.15. The van der Waals surface area contributed by atoms with Crippen molar-refractivity contribution in [2.45, 2.75) is 0 Å². The lowest BCUT2D eigenvalue weighted by molar-refractivity contribution is 0.471. The van der Waals surface area contributed by atoms with Crippen LogP contribution in [0.1, 0.15) is 0 Å². The summed E-state index contributed by atoms with van der Waals surface area (Å²) in [4.78, 5) is 2.17. The van der Waals surface area contributed by atoms with Crippen LogP contribution in [0, 0.1) is 3.57 Å². The molecule has 0 aliphatic heterocycles. The van der Waals surface area contributed by atoms with Gasteiger partial charge in [-0.15, -0.1) is 0 Å². The van der Waals surface area contributed by atoms with Crippen LogP contribution in [0.15, 0.2) is 78.9 Å². The fraction of sp³-hybridized carbons (Fsp3) is 0. The third-order valence-corrected chi connectivity index (χ3v) is 4.08. The Balaban J connectivity index is 2.14. The smallest absolute Gasteiger partial charge is 0.129 e. The monoisotopic (exact) mass is 387 g/mol. The second-order valence-electron chi connectivity index (χ2n) is 4.64. The first-order valence-electron chi connectivity index (χ1n) is 6.64. The molecule has 0 spiro atoms. The molecule has 0 bridgehead atoms. The Morgan fingerprint density at radius 1 is 0.667 bits per heavy atom. The quantitative estimate of drug-likeness (QED) is 0.603. The molecule has 3 rings (SSSR count). The third kappa shape index (κ3) is 3.03. The van der Waals surface area contributed by atoms with Crippen molar-refractivity contribution in [1.82, 2.24) is 0 Å². The molecule has 3 aromatic carbocycles. The van der Waals surface area contributed by atoms with Gasteiger partial charge < -0.3 is 10.0 Å². The van der Waals surface area contributed by atoms with E-state index in [0.717, 1.165) is 20.6 Å². The highest BCUT2D eigenvalue weighted by Crippen LogP contribution is 2.36. The predicted molar refractivity (Wildman–Crippen MR) is 95.5 cm³/mol. The Morgan fingerprint density at radius 3 is 1.67 bits per heavy atom. The number of para-hydroxylation sites is 2. The number of phenols is 1. The molecule has 0 amide bonds. The van der Waals surface area contributed by atoms with Crippen molar-refractivity contribution in [2.75, 3.05) is 4.90 Å². The highest BCUT2D eigenvalue weighted by molar-refractivity contribution is 14.1. The lowest BCUT2D eigenvalue weighted by Crippen LogP contribution is -2.09. The predicted octanol–water partition coefficient (Wildman–Crippen LogP) is 5.47. The van der Waals surface area contributed by atoms with E-state index < -0.39 is 0 Å². The van der Waals surface area contributed by atoms with Crippen molar-refractivity contribution in [3.8, 4) is 5.75 Å².